The normalized spacial score (nSPS) is 14.7. The fourth-order valence-corrected chi connectivity index (χ4v) is 3.30. The van der Waals surface area contributed by atoms with Crippen LogP contribution in [0.5, 0.6) is 0 Å². The van der Waals surface area contributed by atoms with Crippen LogP contribution in [0, 0.1) is 0 Å². The Morgan fingerprint density at radius 3 is 2.35 bits per heavy atom. The molecule has 1 aromatic heterocycles. The number of benzene rings is 1. The Balaban J connectivity index is 1.46. The molecule has 2 aromatic rings. The Kier molecular flexibility index (Phi) is 6.23. The van der Waals surface area contributed by atoms with Crippen molar-refractivity contribution in [3.63, 3.8) is 0 Å². The van der Waals surface area contributed by atoms with E-state index in [0.717, 1.165) is 45.0 Å². The van der Waals surface area contributed by atoms with Crippen LogP contribution in [0.15, 0.2) is 48.7 Å². The van der Waals surface area contributed by atoms with Crippen LogP contribution in [0.3, 0.4) is 0 Å². The minimum Gasteiger partial charge on any atom is -0.353 e. The van der Waals surface area contributed by atoms with Crippen molar-refractivity contribution < 1.29 is 4.79 Å². The molecule has 2 heterocycles. The van der Waals surface area contributed by atoms with Gasteiger partial charge in [-0.25, -0.2) is 4.98 Å². The summed E-state index contributed by atoms with van der Waals surface area (Å²) >= 11 is 0. The fraction of sp³-hybridized carbons (Fsp3) is 0.429. The van der Waals surface area contributed by atoms with Crippen LogP contribution in [0.25, 0.3) is 0 Å². The van der Waals surface area contributed by atoms with Gasteiger partial charge in [0.25, 0.3) is 0 Å². The Labute approximate surface area is 156 Å². The number of rotatable bonds is 6. The molecule has 0 bridgehead atoms. The summed E-state index contributed by atoms with van der Waals surface area (Å²) in [5.41, 5.74) is 2.59. The van der Waals surface area contributed by atoms with Gasteiger partial charge in [-0.3, -0.25) is 9.69 Å². The van der Waals surface area contributed by atoms with Gasteiger partial charge in [0.1, 0.15) is 5.82 Å². The number of nitrogens with zero attached hydrogens (tertiary/aromatic N) is 4. The Bertz CT molecular complexity index is 694. The van der Waals surface area contributed by atoms with E-state index in [4.69, 9.17) is 0 Å². The number of hydrogen-bond donors (Lipinski definition) is 0. The molecule has 0 aliphatic carbocycles. The average Bonchev–Trinajstić information content (AvgIpc) is 2.69. The second-order valence-corrected chi connectivity index (χ2v) is 6.90. The predicted molar refractivity (Wildman–Crippen MR) is 105 cm³/mol. The van der Waals surface area contributed by atoms with Crippen LogP contribution in [0.4, 0.5) is 5.82 Å². The lowest BCUT2D eigenvalue weighted by Gasteiger charge is -2.36. The molecule has 138 valence electrons. The minimum atomic E-state index is 0.207. The zero-order valence-corrected chi connectivity index (χ0v) is 15.8. The molecule has 0 saturated carbocycles. The third-order valence-corrected chi connectivity index (χ3v) is 4.89. The highest BCUT2D eigenvalue weighted by molar-refractivity contribution is 5.78. The van der Waals surface area contributed by atoms with Crippen molar-refractivity contribution in [2.45, 2.75) is 19.9 Å². The largest absolute Gasteiger partial charge is 0.353 e. The van der Waals surface area contributed by atoms with Gasteiger partial charge in [0.15, 0.2) is 0 Å². The number of aryl methyl sites for hydroxylation is 1. The van der Waals surface area contributed by atoms with E-state index in [9.17, 15) is 4.79 Å². The van der Waals surface area contributed by atoms with Crippen molar-refractivity contribution in [3.8, 4) is 0 Å². The highest BCUT2D eigenvalue weighted by atomic mass is 16.2. The summed E-state index contributed by atoms with van der Waals surface area (Å²) in [6.07, 6.45) is 2.87. The quantitative estimate of drug-likeness (QED) is 0.800. The monoisotopic (exact) mass is 352 g/mol. The van der Waals surface area contributed by atoms with Crippen molar-refractivity contribution in [2.75, 3.05) is 44.7 Å². The number of carbonyl (C=O) groups is 1. The third kappa shape index (κ3) is 4.82. The maximum Gasteiger partial charge on any atom is 0.236 e. The molecular weight excluding hydrogens is 324 g/mol. The van der Waals surface area contributed by atoms with Crippen LogP contribution < -0.4 is 4.90 Å². The van der Waals surface area contributed by atoms with Crippen molar-refractivity contribution in [1.29, 1.82) is 0 Å². The number of piperazine rings is 1. The van der Waals surface area contributed by atoms with Crippen LogP contribution in [0.2, 0.25) is 0 Å². The van der Waals surface area contributed by atoms with Crippen LogP contribution >= 0.6 is 0 Å². The Morgan fingerprint density at radius 2 is 1.73 bits per heavy atom. The first-order valence-corrected chi connectivity index (χ1v) is 9.36. The number of carbonyl (C=O) groups excluding carboxylic acids is 1. The van der Waals surface area contributed by atoms with Gasteiger partial charge in [-0.15, -0.1) is 0 Å². The van der Waals surface area contributed by atoms with E-state index in [0.29, 0.717) is 6.54 Å². The molecule has 1 aromatic carbocycles. The molecule has 1 amide bonds. The lowest BCUT2D eigenvalue weighted by molar-refractivity contribution is -0.132. The molecule has 5 nitrogen and oxygen atoms in total. The van der Waals surface area contributed by atoms with Crippen molar-refractivity contribution in [2.24, 2.45) is 0 Å². The van der Waals surface area contributed by atoms with E-state index in [1.165, 1.54) is 11.1 Å². The third-order valence-electron chi connectivity index (χ3n) is 4.89. The summed E-state index contributed by atoms with van der Waals surface area (Å²) in [6.45, 7) is 6.61. The van der Waals surface area contributed by atoms with E-state index in [-0.39, 0.29) is 5.91 Å². The predicted octanol–water partition coefficient (Wildman–Crippen LogP) is 2.42. The van der Waals surface area contributed by atoms with E-state index in [1.807, 2.05) is 36.3 Å². The highest BCUT2D eigenvalue weighted by Crippen LogP contribution is 2.13. The van der Waals surface area contributed by atoms with Gasteiger partial charge in [0.05, 0.1) is 6.54 Å². The molecule has 0 spiro atoms. The number of aromatic nitrogens is 1. The lowest BCUT2D eigenvalue weighted by atomic mass is 10.1. The summed E-state index contributed by atoms with van der Waals surface area (Å²) in [5.74, 6) is 1.20. The first-order valence-electron chi connectivity index (χ1n) is 9.36. The number of hydrogen-bond acceptors (Lipinski definition) is 4. The highest BCUT2D eigenvalue weighted by Gasteiger charge is 2.22. The molecule has 3 rings (SSSR count). The first-order chi connectivity index (χ1) is 12.7. The van der Waals surface area contributed by atoms with Gasteiger partial charge >= 0.3 is 0 Å². The van der Waals surface area contributed by atoms with Gasteiger partial charge < -0.3 is 9.80 Å². The van der Waals surface area contributed by atoms with Crippen LogP contribution in [0.1, 0.15) is 18.1 Å². The molecule has 1 fully saturated rings. The van der Waals surface area contributed by atoms with Crippen LogP contribution in [-0.4, -0.2) is 60.5 Å². The minimum absolute atomic E-state index is 0.207. The molecule has 26 heavy (non-hydrogen) atoms. The Hall–Kier alpha value is -2.40. The summed E-state index contributed by atoms with van der Waals surface area (Å²) < 4.78 is 0. The molecule has 1 aliphatic heterocycles. The van der Waals surface area contributed by atoms with Gasteiger partial charge in [-0.05, 0) is 36.7 Å². The van der Waals surface area contributed by atoms with Crippen molar-refractivity contribution >= 4 is 11.7 Å². The molecule has 0 atom stereocenters. The van der Waals surface area contributed by atoms with Crippen molar-refractivity contribution in [1.82, 2.24) is 14.8 Å². The van der Waals surface area contributed by atoms with E-state index in [1.54, 1.807) is 0 Å². The maximum atomic E-state index is 12.6. The summed E-state index contributed by atoms with van der Waals surface area (Å²) in [5, 5.41) is 0. The lowest BCUT2D eigenvalue weighted by Crippen LogP contribution is -2.51. The summed E-state index contributed by atoms with van der Waals surface area (Å²) in [7, 11) is 2.01. The molecule has 0 radical (unpaired) electrons. The standard InChI is InChI=1S/C21H28N4O/c1-3-18-7-9-19(10-8-18)16-23(2)17-21(26)25-14-12-24(13-15-25)20-6-4-5-11-22-20/h4-11H,3,12-17H2,1-2H3. The number of likely N-dealkylation sites (N-methyl/N-ethyl adjacent to an activating group) is 1. The molecule has 1 aliphatic rings. The van der Waals surface area contributed by atoms with Crippen LogP contribution in [-0.2, 0) is 17.8 Å². The number of anilines is 1. The summed E-state index contributed by atoms with van der Waals surface area (Å²) in [6, 6.07) is 14.6. The molecule has 5 heteroatoms. The topological polar surface area (TPSA) is 39.7 Å². The smallest absolute Gasteiger partial charge is 0.236 e. The molecule has 1 saturated heterocycles. The molecule has 0 N–H and O–H groups in total. The van der Waals surface area contributed by atoms with Gasteiger partial charge in [-0.1, -0.05) is 37.3 Å². The second-order valence-electron chi connectivity index (χ2n) is 6.90. The number of pyridine rings is 1. The van der Waals surface area contributed by atoms with E-state index >= 15 is 0 Å². The Morgan fingerprint density at radius 1 is 1.04 bits per heavy atom. The maximum absolute atomic E-state index is 12.6. The van der Waals surface area contributed by atoms with Crippen molar-refractivity contribution in [3.05, 3.63) is 59.8 Å². The zero-order valence-electron chi connectivity index (χ0n) is 15.8. The zero-order chi connectivity index (χ0) is 18.4. The van der Waals surface area contributed by atoms with Gasteiger partial charge in [0.2, 0.25) is 5.91 Å². The molecular formula is C21H28N4O. The SMILES string of the molecule is CCc1ccc(CN(C)CC(=O)N2CCN(c3ccccn3)CC2)cc1. The van der Waals surface area contributed by atoms with E-state index < -0.39 is 0 Å². The van der Waals surface area contributed by atoms with E-state index in [2.05, 4.69) is 46.0 Å². The molecule has 0 unspecified atom stereocenters. The fourth-order valence-electron chi connectivity index (χ4n) is 3.30. The first kappa shape index (κ1) is 18.4. The summed E-state index contributed by atoms with van der Waals surface area (Å²) in [4.78, 5) is 23.3. The van der Waals surface area contributed by atoms with Gasteiger partial charge in [-0.2, -0.15) is 0 Å². The average molecular weight is 352 g/mol. The second kappa shape index (κ2) is 8.81. The van der Waals surface area contributed by atoms with Gasteiger partial charge in [0, 0.05) is 38.9 Å². The number of amides is 1.